The van der Waals surface area contributed by atoms with Crippen molar-refractivity contribution in [3.8, 4) is 0 Å². The van der Waals surface area contributed by atoms with Crippen LogP contribution in [0.5, 0.6) is 0 Å². The molecule has 0 spiro atoms. The monoisotopic (exact) mass is 251 g/mol. The van der Waals surface area contributed by atoms with E-state index in [0.29, 0.717) is 0 Å². The third-order valence-corrected chi connectivity index (χ3v) is 3.63. The highest BCUT2D eigenvalue weighted by atomic mass is 35.5. The number of thiophene rings is 1. The van der Waals surface area contributed by atoms with Gasteiger partial charge in [-0.2, -0.15) is 0 Å². The van der Waals surface area contributed by atoms with Gasteiger partial charge in [-0.25, -0.2) is 0 Å². The average molecular weight is 252 g/mol. The standard InChI is InChI=1S/C13H14ClNS/c1-10-4-5-11(13(14)7-10)8-15-9-12-3-2-6-16-12/h2-7,15H,8-9H2,1H3. The fourth-order valence-corrected chi connectivity index (χ4v) is 2.51. The Bertz CT molecular complexity index is 451. The molecule has 1 N–H and O–H groups in total. The number of benzene rings is 1. The van der Waals surface area contributed by atoms with Gasteiger partial charge in [-0.05, 0) is 35.6 Å². The highest BCUT2D eigenvalue weighted by molar-refractivity contribution is 7.09. The average Bonchev–Trinajstić information content (AvgIpc) is 2.74. The second-order valence-corrected chi connectivity index (χ2v) is 5.22. The Kier molecular flexibility index (Phi) is 3.99. The van der Waals surface area contributed by atoms with Crippen molar-refractivity contribution in [3.63, 3.8) is 0 Å². The van der Waals surface area contributed by atoms with Crippen molar-refractivity contribution in [1.29, 1.82) is 0 Å². The lowest BCUT2D eigenvalue weighted by atomic mass is 10.1. The van der Waals surface area contributed by atoms with E-state index in [4.69, 9.17) is 11.6 Å². The summed E-state index contributed by atoms with van der Waals surface area (Å²) in [6.07, 6.45) is 0. The van der Waals surface area contributed by atoms with E-state index in [0.717, 1.165) is 23.7 Å². The van der Waals surface area contributed by atoms with Crippen LogP contribution in [-0.4, -0.2) is 0 Å². The van der Waals surface area contributed by atoms with Crippen molar-refractivity contribution in [2.75, 3.05) is 0 Å². The molecule has 0 bridgehead atoms. The van der Waals surface area contributed by atoms with Gasteiger partial charge >= 0.3 is 0 Å². The fraction of sp³-hybridized carbons (Fsp3) is 0.231. The number of nitrogens with one attached hydrogen (secondary N) is 1. The van der Waals surface area contributed by atoms with Crippen molar-refractivity contribution >= 4 is 22.9 Å². The SMILES string of the molecule is Cc1ccc(CNCc2cccs2)c(Cl)c1. The molecule has 0 saturated carbocycles. The van der Waals surface area contributed by atoms with Crippen molar-refractivity contribution in [1.82, 2.24) is 5.32 Å². The minimum Gasteiger partial charge on any atom is -0.308 e. The van der Waals surface area contributed by atoms with Crippen LogP contribution in [-0.2, 0) is 13.1 Å². The summed E-state index contributed by atoms with van der Waals surface area (Å²) in [5.41, 5.74) is 2.36. The Morgan fingerprint density at radius 1 is 1.25 bits per heavy atom. The van der Waals surface area contributed by atoms with Crippen LogP contribution in [0, 0.1) is 6.92 Å². The zero-order valence-electron chi connectivity index (χ0n) is 9.16. The Morgan fingerprint density at radius 2 is 2.12 bits per heavy atom. The summed E-state index contributed by atoms with van der Waals surface area (Å²) in [4.78, 5) is 1.35. The zero-order chi connectivity index (χ0) is 11.4. The maximum absolute atomic E-state index is 6.15. The van der Waals surface area contributed by atoms with Gasteiger partial charge < -0.3 is 5.32 Å². The molecule has 0 atom stereocenters. The van der Waals surface area contributed by atoms with Gasteiger partial charge in [0.2, 0.25) is 0 Å². The lowest BCUT2D eigenvalue weighted by Crippen LogP contribution is -2.12. The molecule has 1 aromatic heterocycles. The van der Waals surface area contributed by atoms with Crippen LogP contribution in [0.4, 0.5) is 0 Å². The van der Waals surface area contributed by atoms with Gasteiger partial charge in [-0.15, -0.1) is 11.3 Å². The fourth-order valence-electron chi connectivity index (χ4n) is 1.53. The number of aryl methyl sites for hydroxylation is 1. The molecule has 2 aromatic rings. The first-order valence-corrected chi connectivity index (χ1v) is 6.49. The molecular formula is C13H14ClNS. The summed E-state index contributed by atoms with van der Waals surface area (Å²) in [6, 6.07) is 10.4. The zero-order valence-corrected chi connectivity index (χ0v) is 10.7. The van der Waals surface area contributed by atoms with E-state index < -0.39 is 0 Å². The maximum atomic E-state index is 6.15. The summed E-state index contributed by atoms with van der Waals surface area (Å²) in [5, 5.41) is 6.33. The Hall–Kier alpha value is -0.830. The third kappa shape index (κ3) is 3.08. The molecule has 0 fully saturated rings. The van der Waals surface area contributed by atoms with Crippen LogP contribution in [0.3, 0.4) is 0 Å². The first-order chi connectivity index (χ1) is 7.75. The number of rotatable bonds is 4. The summed E-state index contributed by atoms with van der Waals surface area (Å²) < 4.78 is 0. The Labute approximate surface area is 105 Å². The largest absolute Gasteiger partial charge is 0.308 e. The molecule has 3 heteroatoms. The van der Waals surface area contributed by atoms with E-state index >= 15 is 0 Å². The van der Waals surface area contributed by atoms with Crippen LogP contribution < -0.4 is 5.32 Å². The van der Waals surface area contributed by atoms with Gasteiger partial charge in [0.15, 0.2) is 0 Å². The lowest BCUT2D eigenvalue weighted by Gasteiger charge is -2.06. The highest BCUT2D eigenvalue weighted by Crippen LogP contribution is 2.17. The van der Waals surface area contributed by atoms with E-state index in [-0.39, 0.29) is 0 Å². The van der Waals surface area contributed by atoms with Crippen molar-refractivity contribution in [2.45, 2.75) is 20.0 Å². The van der Waals surface area contributed by atoms with Gasteiger partial charge in [0, 0.05) is 23.0 Å². The topological polar surface area (TPSA) is 12.0 Å². The summed E-state index contributed by atoms with van der Waals surface area (Å²) in [7, 11) is 0. The van der Waals surface area contributed by atoms with E-state index in [2.05, 4.69) is 41.9 Å². The van der Waals surface area contributed by atoms with Crippen molar-refractivity contribution in [2.24, 2.45) is 0 Å². The number of hydrogen-bond donors (Lipinski definition) is 1. The maximum Gasteiger partial charge on any atom is 0.0453 e. The predicted octanol–water partition coefficient (Wildman–Crippen LogP) is 4.00. The Morgan fingerprint density at radius 3 is 2.81 bits per heavy atom. The van der Waals surface area contributed by atoms with Crippen LogP contribution in [0.25, 0.3) is 0 Å². The van der Waals surface area contributed by atoms with Crippen LogP contribution >= 0.6 is 22.9 Å². The van der Waals surface area contributed by atoms with Gasteiger partial charge in [-0.3, -0.25) is 0 Å². The molecule has 0 saturated heterocycles. The summed E-state index contributed by atoms with van der Waals surface area (Å²) >= 11 is 7.92. The van der Waals surface area contributed by atoms with Crippen molar-refractivity contribution in [3.05, 3.63) is 56.7 Å². The van der Waals surface area contributed by atoms with Gasteiger partial charge in [0.05, 0.1) is 0 Å². The molecule has 1 heterocycles. The predicted molar refractivity (Wildman–Crippen MR) is 71.1 cm³/mol. The third-order valence-electron chi connectivity index (χ3n) is 2.40. The molecule has 1 aromatic carbocycles. The minimum atomic E-state index is 0.816. The van der Waals surface area contributed by atoms with E-state index in [1.165, 1.54) is 10.4 Å². The van der Waals surface area contributed by atoms with Crippen molar-refractivity contribution < 1.29 is 0 Å². The molecule has 0 aliphatic heterocycles. The molecule has 0 radical (unpaired) electrons. The smallest absolute Gasteiger partial charge is 0.0453 e. The molecule has 1 nitrogen and oxygen atoms in total. The first-order valence-electron chi connectivity index (χ1n) is 5.24. The highest BCUT2D eigenvalue weighted by Gasteiger charge is 2.00. The molecular weight excluding hydrogens is 238 g/mol. The van der Waals surface area contributed by atoms with Crippen LogP contribution in [0.2, 0.25) is 5.02 Å². The molecule has 2 rings (SSSR count). The minimum absolute atomic E-state index is 0.816. The first kappa shape index (κ1) is 11.6. The molecule has 0 unspecified atom stereocenters. The van der Waals surface area contributed by atoms with E-state index in [1.807, 2.05) is 6.07 Å². The quantitative estimate of drug-likeness (QED) is 0.866. The van der Waals surface area contributed by atoms with E-state index in [1.54, 1.807) is 11.3 Å². The normalized spacial score (nSPS) is 10.6. The Balaban J connectivity index is 1.90. The summed E-state index contributed by atoms with van der Waals surface area (Å²) in [6.45, 7) is 3.77. The second kappa shape index (κ2) is 5.48. The molecule has 0 aliphatic rings. The molecule has 16 heavy (non-hydrogen) atoms. The van der Waals surface area contributed by atoms with Crippen LogP contribution in [0.1, 0.15) is 16.0 Å². The molecule has 0 amide bonds. The summed E-state index contributed by atoms with van der Waals surface area (Å²) in [5.74, 6) is 0. The number of hydrogen-bond acceptors (Lipinski definition) is 2. The lowest BCUT2D eigenvalue weighted by molar-refractivity contribution is 0.701. The molecule has 84 valence electrons. The van der Waals surface area contributed by atoms with Gasteiger partial charge in [-0.1, -0.05) is 29.8 Å². The molecule has 0 aliphatic carbocycles. The van der Waals surface area contributed by atoms with Gasteiger partial charge in [0.25, 0.3) is 0 Å². The number of halogens is 1. The van der Waals surface area contributed by atoms with E-state index in [9.17, 15) is 0 Å². The van der Waals surface area contributed by atoms with Gasteiger partial charge in [0.1, 0.15) is 0 Å². The van der Waals surface area contributed by atoms with Crippen LogP contribution in [0.15, 0.2) is 35.7 Å². The second-order valence-electron chi connectivity index (χ2n) is 3.78.